The summed E-state index contributed by atoms with van der Waals surface area (Å²) in [6, 6.07) is 1.69. The standard InChI is InChI=1S/C10H13N3O2/c1-7(2)10-11-6-5-8(12-10)3-4-9(14)13-15/h3-7,15H,1-2H3,(H,13,14)/b4-3+. The van der Waals surface area contributed by atoms with E-state index >= 15 is 0 Å². The molecule has 2 N–H and O–H groups in total. The van der Waals surface area contributed by atoms with Crippen LogP contribution in [0.2, 0.25) is 0 Å². The second-order valence-electron chi connectivity index (χ2n) is 3.30. The van der Waals surface area contributed by atoms with Crippen LogP contribution in [0.15, 0.2) is 18.3 Å². The van der Waals surface area contributed by atoms with E-state index in [1.54, 1.807) is 12.3 Å². The lowest BCUT2D eigenvalue weighted by Crippen LogP contribution is -2.14. The molecule has 0 aromatic carbocycles. The molecule has 0 aliphatic heterocycles. The first-order valence-electron chi connectivity index (χ1n) is 4.58. The van der Waals surface area contributed by atoms with E-state index in [1.807, 2.05) is 13.8 Å². The van der Waals surface area contributed by atoms with Gasteiger partial charge in [0.25, 0.3) is 5.91 Å². The molecule has 0 saturated carbocycles. The van der Waals surface area contributed by atoms with E-state index < -0.39 is 5.91 Å². The van der Waals surface area contributed by atoms with Gasteiger partial charge in [-0.3, -0.25) is 10.0 Å². The molecule has 1 aromatic heterocycles. The third-order valence-electron chi connectivity index (χ3n) is 1.73. The number of hydroxylamine groups is 1. The van der Waals surface area contributed by atoms with Gasteiger partial charge in [0, 0.05) is 18.2 Å². The second kappa shape index (κ2) is 5.21. The number of carbonyl (C=O) groups is 1. The Labute approximate surface area is 87.8 Å². The Morgan fingerprint density at radius 2 is 2.33 bits per heavy atom. The van der Waals surface area contributed by atoms with Crippen molar-refractivity contribution in [2.45, 2.75) is 19.8 Å². The van der Waals surface area contributed by atoms with Crippen LogP contribution in [0.3, 0.4) is 0 Å². The lowest BCUT2D eigenvalue weighted by atomic mass is 10.2. The number of carbonyl (C=O) groups excluding carboxylic acids is 1. The van der Waals surface area contributed by atoms with Crippen molar-refractivity contribution in [1.82, 2.24) is 15.4 Å². The minimum atomic E-state index is -0.584. The molecule has 0 aliphatic carbocycles. The number of nitrogens with zero attached hydrogens (tertiary/aromatic N) is 2. The van der Waals surface area contributed by atoms with Crippen molar-refractivity contribution in [1.29, 1.82) is 0 Å². The zero-order valence-corrected chi connectivity index (χ0v) is 8.64. The zero-order valence-electron chi connectivity index (χ0n) is 8.64. The SMILES string of the molecule is CC(C)c1nccc(/C=C/C(=O)NO)n1. The first-order valence-corrected chi connectivity index (χ1v) is 4.58. The van der Waals surface area contributed by atoms with E-state index in [9.17, 15) is 4.79 Å². The molecule has 1 rings (SSSR count). The summed E-state index contributed by atoms with van der Waals surface area (Å²) in [5, 5.41) is 8.27. The average Bonchev–Trinajstić information content (AvgIpc) is 2.26. The van der Waals surface area contributed by atoms with Gasteiger partial charge in [0.2, 0.25) is 0 Å². The van der Waals surface area contributed by atoms with Crippen LogP contribution in [0.1, 0.15) is 31.3 Å². The van der Waals surface area contributed by atoms with Crippen LogP contribution < -0.4 is 5.48 Å². The van der Waals surface area contributed by atoms with Crippen LogP contribution in [-0.2, 0) is 4.79 Å². The van der Waals surface area contributed by atoms with Crippen LogP contribution >= 0.6 is 0 Å². The quantitative estimate of drug-likeness (QED) is 0.442. The predicted molar refractivity (Wildman–Crippen MR) is 55.1 cm³/mol. The van der Waals surface area contributed by atoms with Gasteiger partial charge in [-0.15, -0.1) is 0 Å². The molecule has 0 saturated heterocycles. The number of hydrogen-bond donors (Lipinski definition) is 2. The molecule has 5 heteroatoms. The first kappa shape index (κ1) is 11.3. The molecule has 1 aromatic rings. The molecule has 0 atom stereocenters. The van der Waals surface area contributed by atoms with Gasteiger partial charge in [0.15, 0.2) is 0 Å². The van der Waals surface area contributed by atoms with Gasteiger partial charge in [-0.2, -0.15) is 0 Å². The van der Waals surface area contributed by atoms with Crippen molar-refractivity contribution in [2.75, 3.05) is 0 Å². The van der Waals surface area contributed by atoms with Crippen LogP contribution in [0.25, 0.3) is 6.08 Å². The van der Waals surface area contributed by atoms with Crippen LogP contribution in [-0.4, -0.2) is 21.1 Å². The maximum atomic E-state index is 10.7. The molecular formula is C10H13N3O2. The molecule has 0 spiro atoms. The summed E-state index contributed by atoms with van der Waals surface area (Å²) >= 11 is 0. The molecule has 0 unspecified atom stereocenters. The Bertz CT molecular complexity index is 375. The minimum Gasteiger partial charge on any atom is -0.288 e. The maximum Gasteiger partial charge on any atom is 0.267 e. The average molecular weight is 207 g/mol. The smallest absolute Gasteiger partial charge is 0.267 e. The highest BCUT2D eigenvalue weighted by molar-refractivity contribution is 5.90. The minimum absolute atomic E-state index is 0.241. The molecule has 0 fully saturated rings. The lowest BCUT2D eigenvalue weighted by Gasteiger charge is -2.02. The molecule has 0 aliphatic rings. The van der Waals surface area contributed by atoms with Crippen molar-refractivity contribution >= 4 is 12.0 Å². The fourth-order valence-electron chi connectivity index (χ4n) is 0.958. The monoisotopic (exact) mass is 207 g/mol. The van der Waals surface area contributed by atoms with E-state index in [0.717, 1.165) is 5.82 Å². The van der Waals surface area contributed by atoms with Crippen LogP contribution in [0.5, 0.6) is 0 Å². The van der Waals surface area contributed by atoms with E-state index in [-0.39, 0.29) is 5.92 Å². The Morgan fingerprint density at radius 1 is 1.60 bits per heavy atom. The predicted octanol–water partition coefficient (Wildman–Crippen LogP) is 1.12. The maximum absolute atomic E-state index is 10.7. The van der Waals surface area contributed by atoms with Crippen molar-refractivity contribution in [3.8, 4) is 0 Å². The normalized spacial score (nSPS) is 10.9. The van der Waals surface area contributed by atoms with Gasteiger partial charge in [-0.25, -0.2) is 15.4 Å². The molecule has 0 bridgehead atoms. The number of hydrogen-bond acceptors (Lipinski definition) is 4. The Balaban J connectivity index is 2.82. The van der Waals surface area contributed by atoms with E-state index in [0.29, 0.717) is 5.69 Å². The summed E-state index contributed by atoms with van der Waals surface area (Å²) in [6.07, 6.45) is 4.35. The molecule has 0 radical (unpaired) electrons. The third-order valence-corrected chi connectivity index (χ3v) is 1.73. The van der Waals surface area contributed by atoms with Gasteiger partial charge < -0.3 is 0 Å². The summed E-state index contributed by atoms with van der Waals surface area (Å²) in [6.45, 7) is 3.98. The summed E-state index contributed by atoms with van der Waals surface area (Å²) in [5.74, 6) is 0.381. The van der Waals surface area contributed by atoms with E-state index in [1.165, 1.54) is 17.6 Å². The molecule has 80 valence electrons. The zero-order chi connectivity index (χ0) is 11.3. The summed E-state index contributed by atoms with van der Waals surface area (Å²) < 4.78 is 0. The van der Waals surface area contributed by atoms with Crippen LogP contribution in [0.4, 0.5) is 0 Å². The Hall–Kier alpha value is -1.75. The van der Waals surface area contributed by atoms with Crippen molar-refractivity contribution in [3.05, 3.63) is 29.9 Å². The number of aromatic nitrogens is 2. The fourth-order valence-corrected chi connectivity index (χ4v) is 0.958. The highest BCUT2D eigenvalue weighted by Gasteiger charge is 2.01. The molecule has 1 amide bonds. The van der Waals surface area contributed by atoms with Gasteiger partial charge in [0.1, 0.15) is 5.82 Å². The summed E-state index contributed by atoms with van der Waals surface area (Å²) in [5.41, 5.74) is 2.14. The highest BCUT2D eigenvalue weighted by Crippen LogP contribution is 2.08. The van der Waals surface area contributed by atoms with Crippen LogP contribution in [0, 0.1) is 0 Å². The third kappa shape index (κ3) is 3.47. The van der Waals surface area contributed by atoms with Gasteiger partial charge in [0.05, 0.1) is 5.69 Å². The highest BCUT2D eigenvalue weighted by atomic mass is 16.5. The molecular weight excluding hydrogens is 194 g/mol. The lowest BCUT2D eigenvalue weighted by molar-refractivity contribution is -0.124. The molecule has 1 heterocycles. The van der Waals surface area contributed by atoms with Crippen molar-refractivity contribution in [2.24, 2.45) is 0 Å². The van der Waals surface area contributed by atoms with Gasteiger partial charge >= 0.3 is 0 Å². The Morgan fingerprint density at radius 3 is 2.93 bits per heavy atom. The fraction of sp³-hybridized carbons (Fsp3) is 0.300. The van der Waals surface area contributed by atoms with Gasteiger partial charge in [-0.05, 0) is 12.1 Å². The number of rotatable bonds is 3. The van der Waals surface area contributed by atoms with Gasteiger partial charge in [-0.1, -0.05) is 13.8 Å². The van der Waals surface area contributed by atoms with E-state index in [4.69, 9.17) is 5.21 Å². The molecule has 15 heavy (non-hydrogen) atoms. The first-order chi connectivity index (χ1) is 7.13. The Kier molecular flexibility index (Phi) is 3.93. The largest absolute Gasteiger partial charge is 0.288 e. The number of amides is 1. The number of nitrogens with one attached hydrogen (secondary N) is 1. The second-order valence-corrected chi connectivity index (χ2v) is 3.30. The van der Waals surface area contributed by atoms with E-state index in [2.05, 4.69) is 9.97 Å². The summed E-state index contributed by atoms with van der Waals surface area (Å²) in [4.78, 5) is 19.0. The van der Waals surface area contributed by atoms with Crippen molar-refractivity contribution in [3.63, 3.8) is 0 Å². The topological polar surface area (TPSA) is 75.1 Å². The van der Waals surface area contributed by atoms with Crippen molar-refractivity contribution < 1.29 is 10.0 Å². The summed E-state index contributed by atoms with van der Waals surface area (Å²) in [7, 11) is 0. The molecule has 5 nitrogen and oxygen atoms in total.